The molecule has 74 valence electrons. The van der Waals surface area contributed by atoms with E-state index in [1.54, 1.807) is 24.3 Å². The highest BCUT2D eigenvalue weighted by Crippen LogP contribution is 2.06. The van der Waals surface area contributed by atoms with Gasteiger partial charge in [-0.25, -0.2) is 9.68 Å². The molecular weight excluding hydrogens is 184 g/mol. The van der Waals surface area contributed by atoms with Crippen LogP contribution in [0.15, 0.2) is 30.3 Å². The molecule has 0 amide bonds. The highest BCUT2D eigenvalue weighted by molar-refractivity contribution is 5.85. The smallest absolute Gasteiger partial charge is 0.328 e. The van der Waals surface area contributed by atoms with E-state index in [9.17, 15) is 4.79 Å². The molecule has 0 radical (unpaired) electrons. The molecule has 1 aromatic carbocycles. The first-order valence-electron chi connectivity index (χ1n) is 3.98. The van der Waals surface area contributed by atoms with Crippen molar-refractivity contribution in [3.8, 4) is 0 Å². The van der Waals surface area contributed by atoms with Gasteiger partial charge in [-0.05, 0) is 17.2 Å². The summed E-state index contributed by atoms with van der Waals surface area (Å²) in [6.07, 6.45) is 2.56. The summed E-state index contributed by atoms with van der Waals surface area (Å²) in [4.78, 5) is 14.2. The van der Waals surface area contributed by atoms with Crippen molar-refractivity contribution < 1.29 is 20.0 Å². The Morgan fingerprint density at radius 1 is 1.36 bits per heavy atom. The summed E-state index contributed by atoms with van der Waals surface area (Å²) >= 11 is 0. The van der Waals surface area contributed by atoms with Gasteiger partial charge in [0.15, 0.2) is 0 Å². The summed E-state index contributed by atoms with van der Waals surface area (Å²) in [6.45, 7) is 0.128. The average Bonchev–Trinajstić information content (AvgIpc) is 2.17. The van der Waals surface area contributed by atoms with Gasteiger partial charge in [0.25, 0.3) is 0 Å². The normalized spacial score (nSPS) is 10.6. The molecule has 4 heteroatoms. The number of hydrogen-bond acceptors (Lipinski definition) is 3. The largest absolute Gasteiger partial charge is 0.478 e. The maximum Gasteiger partial charge on any atom is 0.328 e. The first kappa shape index (κ1) is 10.4. The van der Waals surface area contributed by atoms with Gasteiger partial charge < -0.3 is 5.11 Å². The first-order valence-corrected chi connectivity index (χ1v) is 3.98. The van der Waals surface area contributed by atoms with Crippen LogP contribution in [0.5, 0.6) is 0 Å². The quantitative estimate of drug-likeness (QED) is 0.435. The van der Waals surface area contributed by atoms with Gasteiger partial charge in [0.05, 0.1) is 0 Å². The zero-order valence-electron chi connectivity index (χ0n) is 7.38. The lowest BCUT2D eigenvalue weighted by atomic mass is 10.1. The van der Waals surface area contributed by atoms with Crippen LogP contribution in [-0.4, -0.2) is 16.3 Å². The van der Waals surface area contributed by atoms with E-state index in [0.29, 0.717) is 0 Å². The average molecular weight is 194 g/mol. The summed E-state index contributed by atoms with van der Waals surface area (Å²) in [5.41, 5.74) is 1.61. The molecule has 0 atom stereocenters. The van der Waals surface area contributed by atoms with Crippen LogP contribution in [0.2, 0.25) is 0 Å². The van der Waals surface area contributed by atoms with Gasteiger partial charge in [0.1, 0.15) is 6.61 Å². The molecule has 0 unspecified atom stereocenters. The predicted octanol–water partition coefficient (Wildman–Crippen LogP) is 1.77. The van der Waals surface area contributed by atoms with Crippen molar-refractivity contribution in [2.75, 3.05) is 0 Å². The van der Waals surface area contributed by atoms with Gasteiger partial charge in [-0.2, -0.15) is 0 Å². The Morgan fingerprint density at radius 2 is 2.00 bits per heavy atom. The fraction of sp³-hybridized carbons (Fsp3) is 0.100. The third-order valence-corrected chi connectivity index (χ3v) is 1.63. The second-order valence-electron chi connectivity index (χ2n) is 2.69. The van der Waals surface area contributed by atoms with Gasteiger partial charge in [0.2, 0.25) is 0 Å². The van der Waals surface area contributed by atoms with E-state index in [1.807, 2.05) is 0 Å². The minimum atomic E-state index is -0.979. The van der Waals surface area contributed by atoms with Gasteiger partial charge >= 0.3 is 5.97 Å². The van der Waals surface area contributed by atoms with Gasteiger partial charge in [-0.3, -0.25) is 5.26 Å². The molecule has 0 saturated carbocycles. The molecule has 0 fully saturated rings. The monoisotopic (exact) mass is 194 g/mol. The molecule has 0 spiro atoms. The maximum absolute atomic E-state index is 10.2. The number of aliphatic carboxylic acids is 1. The number of carboxylic acids is 1. The molecule has 0 aliphatic carbocycles. The molecule has 0 aromatic heterocycles. The fourth-order valence-corrected chi connectivity index (χ4v) is 0.967. The highest BCUT2D eigenvalue weighted by Gasteiger charge is 1.92. The van der Waals surface area contributed by atoms with Crippen LogP contribution in [-0.2, 0) is 16.3 Å². The Labute approximate surface area is 81.0 Å². The molecule has 0 aliphatic heterocycles. The summed E-state index contributed by atoms with van der Waals surface area (Å²) in [5.74, 6) is -0.979. The Kier molecular flexibility index (Phi) is 3.84. The lowest BCUT2D eigenvalue weighted by Crippen LogP contribution is -1.88. The fourth-order valence-electron chi connectivity index (χ4n) is 0.967. The van der Waals surface area contributed by atoms with Crippen molar-refractivity contribution in [2.45, 2.75) is 6.61 Å². The summed E-state index contributed by atoms with van der Waals surface area (Å²) in [5, 5.41) is 16.5. The van der Waals surface area contributed by atoms with E-state index in [2.05, 4.69) is 4.89 Å². The molecular formula is C10H10O4. The predicted molar refractivity (Wildman–Crippen MR) is 50.5 cm³/mol. The number of benzene rings is 1. The number of hydrogen-bond donors (Lipinski definition) is 2. The second kappa shape index (κ2) is 5.16. The molecule has 0 heterocycles. The van der Waals surface area contributed by atoms with Crippen LogP contribution in [0.25, 0.3) is 6.08 Å². The molecule has 2 N–H and O–H groups in total. The van der Waals surface area contributed by atoms with Crippen molar-refractivity contribution in [1.82, 2.24) is 0 Å². The standard InChI is InChI=1S/C10H10O4/c11-10(12)6-5-8-1-3-9(4-2-8)7-14-13/h1-6,13H,7H2,(H,11,12). The van der Waals surface area contributed by atoms with Crippen molar-refractivity contribution in [3.05, 3.63) is 41.5 Å². The molecule has 1 aromatic rings. The van der Waals surface area contributed by atoms with Crippen molar-refractivity contribution in [3.63, 3.8) is 0 Å². The zero-order chi connectivity index (χ0) is 10.4. The maximum atomic E-state index is 10.2. The lowest BCUT2D eigenvalue weighted by molar-refractivity contribution is -0.253. The molecule has 1 rings (SSSR count). The second-order valence-corrected chi connectivity index (χ2v) is 2.69. The molecule has 0 bridgehead atoms. The third kappa shape index (κ3) is 3.38. The minimum Gasteiger partial charge on any atom is -0.478 e. The van der Waals surface area contributed by atoms with E-state index in [1.165, 1.54) is 6.08 Å². The Hall–Kier alpha value is -1.65. The van der Waals surface area contributed by atoms with Gasteiger partial charge in [-0.1, -0.05) is 24.3 Å². The molecule has 0 aliphatic rings. The van der Waals surface area contributed by atoms with Crippen molar-refractivity contribution in [1.29, 1.82) is 0 Å². The summed E-state index contributed by atoms with van der Waals surface area (Å²) in [6, 6.07) is 6.98. The van der Waals surface area contributed by atoms with E-state index >= 15 is 0 Å². The minimum absolute atomic E-state index is 0.128. The van der Waals surface area contributed by atoms with Crippen molar-refractivity contribution in [2.24, 2.45) is 0 Å². The molecule has 0 saturated heterocycles. The van der Waals surface area contributed by atoms with Gasteiger partial charge in [0, 0.05) is 6.08 Å². The van der Waals surface area contributed by atoms with E-state index in [4.69, 9.17) is 10.4 Å². The molecule has 14 heavy (non-hydrogen) atoms. The van der Waals surface area contributed by atoms with Crippen LogP contribution < -0.4 is 0 Å². The summed E-state index contributed by atoms with van der Waals surface area (Å²) in [7, 11) is 0. The highest BCUT2D eigenvalue weighted by atomic mass is 17.1. The van der Waals surface area contributed by atoms with E-state index in [0.717, 1.165) is 17.2 Å². The summed E-state index contributed by atoms with van der Waals surface area (Å²) < 4.78 is 0. The Balaban J connectivity index is 2.68. The van der Waals surface area contributed by atoms with Crippen LogP contribution in [0.4, 0.5) is 0 Å². The number of rotatable bonds is 4. The SMILES string of the molecule is O=C(O)C=Cc1ccc(COO)cc1. The van der Waals surface area contributed by atoms with E-state index in [-0.39, 0.29) is 6.61 Å². The van der Waals surface area contributed by atoms with Crippen LogP contribution in [0.3, 0.4) is 0 Å². The third-order valence-electron chi connectivity index (χ3n) is 1.63. The lowest BCUT2D eigenvalue weighted by Gasteiger charge is -1.97. The first-order chi connectivity index (χ1) is 6.72. The molecule has 4 nitrogen and oxygen atoms in total. The van der Waals surface area contributed by atoms with Gasteiger partial charge in [-0.15, -0.1) is 0 Å². The van der Waals surface area contributed by atoms with Crippen LogP contribution in [0, 0.1) is 0 Å². The van der Waals surface area contributed by atoms with Crippen molar-refractivity contribution >= 4 is 12.0 Å². The van der Waals surface area contributed by atoms with Crippen LogP contribution in [0.1, 0.15) is 11.1 Å². The van der Waals surface area contributed by atoms with Crippen LogP contribution >= 0.6 is 0 Å². The number of carbonyl (C=O) groups is 1. The number of carboxylic acid groups (broad SMARTS) is 1. The van der Waals surface area contributed by atoms with E-state index < -0.39 is 5.97 Å². The topological polar surface area (TPSA) is 66.8 Å². The Morgan fingerprint density at radius 3 is 2.50 bits per heavy atom. The Bertz CT molecular complexity index is 326. The zero-order valence-corrected chi connectivity index (χ0v) is 7.38.